The fourth-order valence-electron chi connectivity index (χ4n) is 5.02. The van der Waals surface area contributed by atoms with Gasteiger partial charge in [-0.1, -0.05) is 12.5 Å². The van der Waals surface area contributed by atoms with Gasteiger partial charge >= 0.3 is 0 Å². The maximum atomic E-state index is 10.3. The van der Waals surface area contributed by atoms with Crippen LogP contribution in [0, 0.1) is 5.92 Å². The summed E-state index contributed by atoms with van der Waals surface area (Å²) in [6, 6.07) is 12.8. The molecule has 0 amide bonds. The third kappa shape index (κ3) is 3.58. The molecule has 1 heterocycles. The minimum atomic E-state index is 0.221. The summed E-state index contributed by atoms with van der Waals surface area (Å²) in [6.45, 7) is 2.40. The molecule has 2 aromatic rings. The van der Waals surface area contributed by atoms with E-state index in [4.69, 9.17) is 9.47 Å². The number of likely N-dealkylation sites (N-methyl/N-ethyl adjacent to an activating group) is 1. The van der Waals surface area contributed by atoms with Crippen LogP contribution in [0.15, 0.2) is 36.4 Å². The maximum Gasteiger partial charge on any atom is 0.160 e. The zero-order valence-corrected chi connectivity index (χ0v) is 17.3. The van der Waals surface area contributed by atoms with Crippen molar-refractivity contribution in [3.63, 3.8) is 0 Å². The second kappa shape index (κ2) is 7.67. The summed E-state index contributed by atoms with van der Waals surface area (Å²) in [7, 11) is 5.75. The minimum Gasteiger partial charge on any atom is -0.504 e. The van der Waals surface area contributed by atoms with E-state index in [1.807, 2.05) is 12.1 Å². The molecule has 0 bridgehead atoms. The molecule has 1 aliphatic heterocycles. The summed E-state index contributed by atoms with van der Waals surface area (Å²) in [6.07, 6.45) is 6.15. The lowest BCUT2D eigenvalue weighted by Gasteiger charge is -2.48. The van der Waals surface area contributed by atoms with Crippen LogP contribution in [0.2, 0.25) is 0 Å². The van der Waals surface area contributed by atoms with Gasteiger partial charge < -0.3 is 19.1 Å². The Kier molecular flexibility index (Phi) is 5.24. The van der Waals surface area contributed by atoms with Gasteiger partial charge in [0.05, 0.1) is 34.4 Å². The predicted octanol–water partition coefficient (Wildman–Crippen LogP) is 4.50. The highest BCUT2D eigenvalue weighted by Crippen LogP contribution is 2.42. The highest BCUT2D eigenvalue weighted by Gasteiger charge is 2.41. The van der Waals surface area contributed by atoms with E-state index in [0.717, 1.165) is 41.1 Å². The zero-order chi connectivity index (χ0) is 19.7. The van der Waals surface area contributed by atoms with Crippen LogP contribution in [0.5, 0.6) is 17.2 Å². The Hall–Kier alpha value is -2.20. The van der Waals surface area contributed by atoms with E-state index in [1.54, 1.807) is 14.2 Å². The molecule has 2 aliphatic rings. The number of quaternary nitrogens is 1. The molecule has 0 radical (unpaired) electrons. The van der Waals surface area contributed by atoms with Crippen molar-refractivity contribution in [3.05, 3.63) is 53.1 Å². The SMILES string of the molecule is COc1ccc2c(c1)CC[N@+](C)(CC1CCC1)[C@@H]2Cc1ccc(OC)c(O)c1. The van der Waals surface area contributed by atoms with Gasteiger partial charge in [-0.2, -0.15) is 0 Å². The molecule has 0 unspecified atom stereocenters. The smallest absolute Gasteiger partial charge is 0.160 e. The van der Waals surface area contributed by atoms with Crippen LogP contribution in [-0.2, 0) is 12.8 Å². The van der Waals surface area contributed by atoms with Crippen molar-refractivity contribution in [2.24, 2.45) is 5.92 Å². The van der Waals surface area contributed by atoms with Gasteiger partial charge in [0.25, 0.3) is 0 Å². The zero-order valence-electron chi connectivity index (χ0n) is 17.3. The normalized spacial score (nSPS) is 24.3. The number of rotatable bonds is 6. The highest BCUT2D eigenvalue weighted by molar-refractivity contribution is 5.43. The van der Waals surface area contributed by atoms with E-state index in [2.05, 4.69) is 31.3 Å². The van der Waals surface area contributed by atoms with Gasteiger partial charge in [-0.15, -0.1) is 0 Å². The first-order chi connectivity index (χ1) is 13.5. The van der Waals surface area contributed by atoms with Crippen LogP contribution < -0.4 is 9.47 Å². The lowest BCUT2D eigenvalue weighted by molar-refractivity contribution is -0.945. The molecule has 4 rings (SSSR count). The summed E-state index contributed by atoms with van der Waals surface area (Å²) < 4.78 is 11.8. The number of ether oxygens (including phenoxy) is 2. The molecule has 0 spiro atoms. The number of hydrogen-bond acceptors (Lipinski definition) is 3. The van der Waals surface area contributed by atoms with Gasteiger partial charge in [-0.3, -0.25) is 0 Å². The molecule has 0 aromatic heterocycles. The average Bonchev–Trinajstić information content (AvgIpc) is 2.67. The van der Waals surface area contributed by atoms with Crippen LogP contribution in [0.4, 0.5) is 0 Å². The number of fused-ring (bicyclic) bond motifs is 1. The number of nitrogens with zero attached hydrogens (tertiary/aromatic N) is 1. The van der Waals surface area contributed by atoms with Crippen LogP contribution in [0.3, 0.4) is 0 Å². The van der Waals surface area contributed by atoms with Gasteiger partial charge in [0.15, 0.2) is 11.5 Å². The quantitative estimate of drug-likeness (QED) is 0.748. The Labute approximate surface area is 168 Å². The topological polar surface area (TPSA) is 38.7 Å². The van der Waals surface area contributed by atoms with E-state index in [1.165, 1.54) is 36.9 Å². The third-order valence-corrected chi connectivity index (χ3v) is 6.93. The number of aromatic hydroxyl groups is 1. The summed E-state index contributed by atoms with van der Waals surface area (Å²) in [5.41, 5.74) is 4.00. The summed E-state index contributed by atoms with van der Waals surface area (Å²) >= 11 is 0. The van der Waals surface area contributed by atoms with Gasteiger partial charge in [-0.05, 0) is 54.3 Å². The highest BCUT2D eigenvalue weighted by atomic mass is 16.5. The van der Waals surface area contributed by atoms with Crippen molar-refractivity contribution in [1.29, 1.82) is 0 Å². The Morgan fingerprint density at radius 2 is 1.89 bits per heavy atom. The molecule has 1 N–H and O–H groups in total. The summed E-state index contributed by atoms with van der Waals surface area (Å²) in [5.74, 6) is 2.55. The Balaban J connectivity index is 1.68. The minimum absolute atomic E-state index is 0.221. The maximum absolute atomic E-state index is 10.3. The van der Waals surface area contributed by atoms with E-state index >= 15 is 0 Å². The molecule has 1 fully saturated rings. The molecule has 2 aromatic carbocycles. The van der Waals surface area contributed by atoms with Crippen molar-refractivity contribution in [2.75, 3.05) is 34.4 Å². The molecule has 2 atom stereocenters. The predicted molar refractivity (Wildman–Crippen MR) is 111 cm³/mol. The molecule has 1 saturated carbocycles. The first kappa shape index (κ1) is 19.1. The van der Waals surface area contributed by atoms with Gasteiger partial charge in [0.2, 0.25) is 0 Å². The number of phenols is 1. The van der Waals surface area contributed by atoms with Crippen LogP contribution in [0.1, 0.15) is 42.0 Å². The Morgan fingerprint density at radius 3 is 2.54 bits per heavy atom. The third-order valence-electron chi connectivity index (χ3n) is 6.93. The van der Waals surface area contributed by atoms with Crippen molar-refractivity contribution in [2.45, 2.75) is 38.1 Å². The fraction of sp³-hybridized carbons (Fsp3) is 0.500. The Morgan fingerprint density at radius 1 is 1.07 bits per heavy atom. The summed E-state index contributed by atoms with van der Waals surface area (Å²) in [4.78, 5) is 0. The van der Waals surface area contributed by atoms with Crippen LogP contribution in [0.25, 0.3) is 0 Å². The van der Waals surface area contributed by atoms with Crippen LogP contribution >= 0.6 is 0 Å². The molecular weight excluding hydrogens is 350 g/mol. The first-order valence-electron chi connectivity index (χ1n) is 10.4. The van der Waals surface area contributed by atoms with E-state index < -0.39 is 0 Å². The first-order valence-corrected chi connectivity index (χ1v) is 10.4. The number of hydrogen-bond donors (Lipinski definition) is 1. The lowest BCUT2D eigenvalue weighted by atomic mass is 9.81. The van der Waals surface area contributed by atoms with Gasteiger partial charge in [-0.25, -0.2) is 0 Å². The number of methoxy groups -OCH3 is 2. The largest absolute Gasteiger partial charge is 0.504 e. The molecule has 4 heteroatoms. The standard InChI is InChI=1S/C24H31NO3/c1-25(16-17-5-4-6-17)12-11-19-15-20(27-2)8-9-21(19)22(25)13-18-7-10-24(28-3)23(26)14-18/h7-10,14-15,17,22H,4-6,11-13,16H2,1-3H3/p+1/t22-,25-/m1/s1. The van der Waals surface area contributed by atoms with E-state index in [0.29, 0.717) is 11.8 Å². The van der Waals surface area contributed by atoms with E-state index in [-0.39, 0.29) is 5.75 Å². The van der Waals surface area contributed by atoms with Crippen molar-refractivity contribution < 1.29 is 19.1 Å². The number of benzene rings is 2. The van der Waals surface area contributed by atoms with Gasteiger partial charge in [0, 0.05) is 24.3 Å². The van der Waals surface area contributed by atoms with Crippen molar-refractivity contribution in [3.8, 4) is 17.2 Å². The van der Waals surface area contributed by atoms with Crippen molar-refractivity contribution in [1.82, 2.24) is 0 Å². The van der Waals surface area contributed by atoms with E-state index in [9.17, 15) is 5.11 Å². The molecule has 0 saturated heterocycles. The second-order valence-corrected chi connectivity index (χ2v) is 8.72. The average molecular weight is 383 g/mol. The molecule has 4 nitrogen and oxygen atoms in total. The van der Waals surface area contributed by atoms with Crippen molar-refractivity contribution >= 4 is 0 Å². The monoisotopic (exact) mass is 382 g/mol. The molecular formula is C24H32NO3+. The van der Waals surface area contributed by atoms with Gasteiger partial charge in [0.1, 0.15) is 11.8 Å². The molecule has 1 aliphatic carbocycles. The fourth-order valence-corrected chi connectivity index (χ4v) is 5.02. The van der Waals surface area contributed by atoms with Crippen LogP contribution in [-0.4, -0.2) is 43.9 Å². The second-order valence-electron chi connectivity index (χ2n) is 8.72. The summed E-state index contributed by atoms with van der Waals surface area (Å²) in [5, 5.41) is 10.3. The Bertz CT molecular complexity index is 846. The number of phenolic OH excluding ortho intramolecular Hbond substituents is 1. The lowest BCUT2D eigenvalue weighted by Crippen LogP contribution is -2.55. The molecule has 28 heavy (non-hydrogen) atoms. The molecule has 150 valence electrons.